The number of ether oxygens (including phenoxy) is 3. The molecule has 2 aliphatic rings. The van der Waals surface area contributed by atoms with Gasteiger partial charge in [-0.05, 0) is 25.3 Å². The van der Waals surface area contributed by atoms with Crippen LogP contribution < -0.4 is 0 Å². The number of esters is 1. The quantitative estimate of drug-likeness (QED) is 0.493. The van der Waals surface area contributed by atoms with Gasteiger partial charge in [0, 0.05) is 36.4 Å². The largest absolute Gasteiger partial charge is 0.425 e. The van der Waals surface area contributed by atoms with E-state index in [-0.39, 0.29) is 17.6 Å². The van der Waals surface area contributed by atoms with Crippen LogP contribution in [0, 0.1) is 5.41 Å². The highest BCUT2D eigenvalue weighted by Crippen LogP contribution is 2.42. The molecule has 1 heterocycles. The van der Waals surface area contributed by atoms with E-state index >= 15 is 0 Å². The van der Waals surface area contributed by atoms with Crippen LogP contribution in [0.15, 0.2) is 24.3 Å². The number of rotatable bonds is 6. The third-order valence-corrected chi connectivity index (χ3v) is 6.19. The lowest BCUT2D eigenvalue weighted by molar-refractivity contribution is -0.179. The number of ketones is 1. The molecule has 1 amide bonds. The Balaban J connectivity index is 1.72. The molecule has 1 unspecified atom stereocenters. The molecule has 1 aromatic rings. The smallest absolute Gasteiger partial charge is 0.413 e. The molecule has 1 aromatic carbocycles. The van der Waals surface area contributed by atoms with E-state index in [1.54, 1.807) is 24.3 Å². The molecule has 164 valence electrons. The second kappa shape index (κ2) is 8.94. The van der Waals surface area contributed by atoms with Crippen molar-refractivity contribution in [3.8, 4) is 0 Å². The molecular formula is C22H28ClNO6. The van der Waals surface area contributed by atoms with E-state index in [2.05, 4.69) is 0 Å². The minimum Gasteiger partial charge on any atom is -0.425 e. The lowest BCUT2D eigenvalue weighted by Crippen LogP contribution is -2.54. The number of hydrogen-bond donors (Lipinski definition) is 0. The number of likely N-dealkylation sites (N-methyl/N-ethyl adjacent to an activating group) is 1. The molecule has 8 heteroatoms. The normalized spacial score (nSPS) is 23.8. The highest BCUT2D eigenvalue weighted by atomic mass is 35.5. The Morgan fingerprint density at radius 3 is 2.53 bits per heavy atom. The molecule has 2 atom stereocenters. The van der Waals surface area contributed by atoms with E-state index in [4.69, 9.17) is 25.8 Å². The second-order valence-corrected chi connectivity index (χ2v) is 8.86. The van der Waals surface area contributed by atoms with Gasteiger partial charge in [-0.15, -0.1) is 0 Å². The monoisotopic (exact) mass is 437 g/mol. The van der Waals surface area contributed by atoms with Crippen LogP contribution in [-0.2, 0) is 29.3 Å². The Kier molecular flexibility index (Phi) is 6.72. The lowest BCUT2D eigenvalue weighted by Gasteiger charge is -2.43. The van der Waals surface area contributed by atoms with Gasteiger partial charge in [-0.25, -0.2) is 4.79 Å². The van der Waals surface area contributed by atoms with Crippen molar-refractivity contribution in [1.29, 1.82) is 0 Å². The van der Waals surface area contributed by atoms with E-state index in [1.165, 1.54) is 18.9 Å². The second-order valence-electron chi connectivity index (χ2n) is 8.45. The van der Waals surface area contributed by atoms with E-state index in [0.717, 1.165) is 12.8 Å². The molecule has 0 N–H and O–H groups in total. The maximum Gasteiger partial charge on any atom is 0.413 e. The minimum atomic E-state index is -1.20. The number of amides is 1. The van der Waals surface area contributed by atoms with Crippen molar-refractivity contribution in [1.82, 2.24) is 4.90 Å². The van der Waals surface area contributed by atoms with Gasteiger partial charge in [-0.2, -0.15) is 0 Å². The minimum absolute atomic E-state index is 0.0798. The molecule has 30 heavy (non-hydrogen) atoms. The number of carbonyl (C=O) groups is 3. The highest BCUT2D eigenvalue weighted by Gasteiger charge is 2.49. The highest BCUT2D eigenvalue weighted by molar-refractivity contribution is 6.31. The summed E-state index contributed by atoms with van der Waals surface area (Å²) in [6, 6.07) is 7.04. The maximum absolute atomic E-state index is 13.1. The van der Waals surface area contributed by atoms with Crippen molar-refractivity contribution in [2.75, 3.05) is 20.3 Å². The van der Waals surface area contributed by atoms with Crippen molar-refractivity contribution in [3.63, 3.8) is 0 Å². The number of Topliss-reactive ketones (excluding diaryl/α,β-unsaturated/α-hetero) is 1. The lowest BCUT2D eigenvalue weighted by atomic mass is 9.74. The van der Waals surface area contributed by atoms with Gasteiger partial charge in [0.1, 0.15) is 5.54 Å². The first-order valence-electron chi connectivity index (χ1n) is 10.2. The number of hydrogen-bond acceptors (Lipinski definition) is 6. The topological polar surface area (TPSA) is 82.1 Å². The molecule has 1 aliphatic carbocycles. The van der Waals surface area contributed by atoms with Crippen molar-refractivity contribution in [2.45, 2.75) is 57.8 Å². The summed E-state index contributed by atoms with van der Waals surface area (Å²) in [6.45, 7) is 4.42. The fraction of sp³-hybridized carbons (Fsp3) is 0.591. The molecule has 0 spiro atoms. The zero-order chi connectivity index (χ0) is 21.9. The van der Waals surface area contributed by atoms with Gasteiger partial charge in [-0.3, -0.25) is 14.5 Å². The van der Waals surface area contributed by atoms with Crippen LogP contribution in [0.1, 0.15) is 51.5 Å². The van der Waals surface area contributed by atoms with Gasteiger partial charge in [0.2, 0.25) is 6.29 Å². The number of benzene rings is 1. The summed E-state index contributed by atoms with van der Waals surface area (Å²) in [5.74, 6) is -0.540. The maximum atomic E-state index is 13.1. The first-order valence-corrected chi connectivity index (χ1v) is 10.6. The van der Waals surface area contributed by atoms with Gasteiger partial charge in [0.15, 0.2) is 5.78 Å². The summed E-state index contributed by atoms with van der Waals surface area (Å²) in [5.41, 5.74) is -0.854. The predicted molar refractivity (Wildman–Crippen MR) is 110 cm³/mol. The molecule has 1 aliphatic heterocycles. The molecular weight excluding hydrogens is 410 g/mol. The first-order chi connectivity index (χ1) is 14.2. The summed E-state index contributed by atoms with van der Waals surface area (Å²) in [5, 5.41) is 0.419. The summed E-state index contributed by atoms with van der Waals surface area (Å²) in [6.07, 6.45) is 0.710. The van der Waals surface area contributed by atoms with Crippen LogP contribution in [0.2, 0.25) is 5.02 Å². The van der Waals surface area contributed by atoms with Crippen molar-refractivity contribution in [3.05, 3.63) is 34.9 Å². The van der Waals surface area contributed by atoms with Crippen LogP contribution in [0.25, 0.3) is 0 Å². The molecule has 1 saturated heterocycles. The van der Waals surface area contributed by atoms with Gasteiger partial charge < -0.3 is 14.2 Å². The molecule has 3 rings (SSSR count). The van der Waals surface area contributed by atoms with E-state index in [9.17, 15) is 14.4 Å². The van der Waals surface area contributed by atoms with Gasteiger partial charge in [0.25, 0.3) is 0 Å². The van der Waals surface area contributed by atoms with E-state index in [1.807, 2.05) is 6.92 Å². The van der Waals surface area contributed by atoms with E-state index < -0.39 is 23.9 Å². The van der Waals surface area contributed by atoms with Crippen molar-refractivity contribution in [2.24, 2.45) is 5.41 Å². The fourth-order valence-electron chi connectivity index (χ4n) is 4.16. The SMILES string of the molecule is CC(OC(=O)CC1(C)COC1)OC(=O)N(C)[C@@]1(c2ccccc2Cl)CCCCC1=O. The average molecular weight is 438 g/mol. The number of halogens is 1. The Bertz CT molecular complexity index is 824. The summed E-state index contributed by atoms with van der Waals surface area (Å²) in [4.78, 5) is 39.4. The third kappa shape index (κ3) is 4.47. The van der Waals surface area contributed by atoms with Crippen LogP contribution in [0.3, 0.4) is 0 Å². The molecule has 0 bridgehead atoms. The van der Waals surface area contributed by atoms with Crippen LogP contribution in [0.5, 0.6) is 0 Å². The van der Waals surface area contributed by atoms with Crippen molar-refractivity contribution >= 4 is 29.4 Å². The summed E-state index contributed by atoms with van der Waals surface area (Å²) in [7, 11) is 1.52. The van der Waals surface area contributed by atoms with Gasteiger partial charge in [-0.1, -0.05) is 36.7 Å². The summed E-state index contributed by atoms with van der Waals surface area (Å²) >= 11 is 6.41. The van der Waals surface area contributed by atoms with Crippen LogP contribution in [0.4, 0.5) is 4.79 Å². The molecule has 1 saturated carbocycles. The third-order valence-electron chi connectivity index (χ3n) is 5.86. The fourth-order valence-corrected chi connectivity index (χ4v) is 4.45. The standard InChI is InChI=1S/C22H28ClNO6/c1-15(29-19(26)12-21(2)13-28-14-21)30-20(27)24(3)22(11-7-6-10-18(22)25)16-8-4-5-9-17(16)23/h4-5,8-9,15H,6-7,10-14H2,1-3H3/t15?,22-/m1/s1. The summed E-state index contributed by atoms with van der Waals surface area (Å²) < 4.78 is 15.7. The van der Waals surface area contributed by atoms with Crippen molar-refractivity contribution < 1.29 is 28.6 Å². The zero-order valence-corrected chi connectivity index (χ0v) is 18.4. The molecule has 2 fully saturated rings. The Morgan fingerprint density at radius 1 is 1.23 bits per heavy atom. The molecule has 0 aromatic heterocycles. The van der Waals surface area contributed by atoms with Gasteiger partial charge in [0.05, 0.1) is 19.6 Å². The predicted octanol–water partition coefficient (Wildman–Crippen LogP) is 4.06. The van der Waals surface area contributed by atoms with Crippen LogP contribution in [-0.4, -0.2) is 49.3 Å². The first kappa shape index (κ1) is 22.6. The number of nitrogens with zero attached hydrogens (tertiary/aromatic N) is 1. The Morgan fingerprint density at radius 2 is 1.93 bits per heavy atom. The van der Waals surface area contributed by atoms with Gasteiger partial charge >= 0.3 is 12.1 Å². The Labute approximate surface area is 181 Å². The van der Waals surface area contributed by atoms with E-state index in [0.29, 0.717) is 36.6 Å². The number of carbonyl (C=O) groups excluding carboxylic acids is 3. The molecule has 0 radical (unpaired) electrons. The average Bonchev–Trinajstić information content (AvgIpc) is 2.67. The molecule has 7 nitrogen and oxygen atoms in total. The Hall–Kier alpha value is -2.12. The zero-order valence-electron chi connectivity index (χ0n) is 17.6. The van der Waals surface area contributed by atoms with Crippen LogP contribution >= 0.6 is 11.6 Å².